The lowest BCUT2D eigenvalue weighted by molar-refractivity contribution is 0.125. The Morgan fingerprint density at radius 3 is 2.56 bits per heavy atom. The van der Waals surface area contributed by atoms with Crippen LogP contribution in [0.15, 0.2) is 6.20 Å². The van der Waals surface area contributed by atoms with E-state index < -0.39 is 0 Å². The summed E-state index contributed by atoms with van der Waals surface area (Å²) in [7, 11) is 0. The second-order valence-corrected chi connectivity index (χ2v) is 5.36. The topological polar surface area (TPSA) is 69.5 Å². The molecule has 1 aromatic rings. The predicted octanol–water partition coefficient (Wildman–Crippen LogP) is 0.769. The van der Waals surface area contributed by atoms with Gasteiger partial charge in [0, 0.05) is 29.5 Å². The Hall–Kier alpha value is -1.20. The first-order valence-electron chi connectivity index (χ1n) is 6.59. The highest BCUT2D eigenvalue weighted by Crippen LogP contribution is 2.37. The van der Waals surface area contributed by atoms with Gasteiger partial charge in [-0.3, -0.25) is 0 Å². The number of nitrogens with zero attached hydrogens (tertiary/aromatic N) is 3. The van der Waals surface area contributed by atoms with Crippen LogP contribution in [0.5, 0.6) is 0 Å². The lowest BCUT2D eigenvalue weighted by Crippen LogP contribution is -2.45. The first kappa shape index (κ1) is 11.9. The van der Waals surface area contributed by atoms with Crippen molar-refractivity contribution in [3.8, 4) is 0 Å². The average molecular weight is 249 g/mol. The molecule has 2 bridgehead atoms. The van der Waals surface area contributed by atoms with Gasteiger partial charge in [-0.1, -0.05) is 0 Å². The van der Waals surface area contributed by atoms with Gasteiger partial charge >= 0.3 is 0 Å². The molecule has 18 heavy (non-hydrogen) atoms. The van der Waals surface area contributed by atoms with Crippen LogP contribution < -0.4 is 4.90 Å². The molecule has 98 valence electrons. The fourth-order valence-electron chi connectivity index (χ4n) is 3.23. The van der Waals surface area contributed by atoms with Gasteiger partial charge in [0.15, 0.2) is 0 Å². The van der Waals surface area contributed by atoms with Gasteiger partial charge in [0.25, 0.3) is 0 Å². The Bertz CT molecular complexity index is 438. The summed E-state index contributed by atoms with van der Waals surface area (Å²) in [6, 6.07) is 0.747. The van der Waals surface area contributed by atoms with Crippen molar-refractivity contribution in [2.75, 3.05) is 4.90 Å². The summed E-state index contributed by atoms with van der Waals surface area (Å²) in [4.78, 5) is 11.1. The van der Waals surface area contributed by atoms with Crippen LogP contribution in [-0.2, 0) is 6.61 Å². The molecular formula is C13H19N3O2. The molecule has 1 aromatic heterocycles. The summed E-state index contributed by atoms with van der Waals surface area (Å²) in [5.41, 5.74) is 1.62. The number of aliphatic hydroxyl groups excluding tert-OH is 2. The van der Waals surface area contributed by atoms with Crippen molar-refractivity contribution in [1.29, 1.82) is 0 Å². The number of hydrogen-bond donors (Lipinski definition) is 2. The minimum Gasteiger partial charge on any atom is -0.393 e. The van der Waals surface area contributed by atoms with Crippen molar-refractivity contribution in [3.05, 3.63) is 17.5 Å². The summed E-state index contributed by atoms with van der Waals surface area (Å²) < 4.78 is 0. The first-order valence-corrected chi connectivity index (χ1v) is 6.59. The third-order valence-corrected chi connectivity index (χ3v) is 4.18. The molecule has 2 fully saturated rings. The van der Waals surface area contributed by atoms with E-state index in [9.17, 15) is 5.11 Å². The average Bonchev–Trinajstić information content (AvgIpc) is 2.61. The maximum absolute atomic E-state index is 9.79. The fraction of sp³-hybridized carbons (Fsp3) is 0.692. The zero-order valence-corrected chi connectivity index (χ0v) is 10.6. The molecule has 0 saturated carbocycles. The molecule has 0 amide bonds. The zero-order chi connectivity index (χ0) is 12.7. The van der Waals surface area contributed by atoms with E-state index in [2.05, 4.69) is 14.9 Å². The molecule has 5 heteroatoms. The molecule has 0 spiro atoms. The van der Waals surface area contributed by atoms with E-state index in [1.807, 2.05) is 6.92 Å². The minimum absolute atomic E-state index is 0.0162. The molecule has 5 nitrogen and oxygen atoms in total. The first-order chi connectivity index (χ1) is 8.69. The Kier molecular flexibility index (Phi) is 2.95. The third kappa shape index (κ3) is 1.87. The highest BCUT2D eigenvalue weighted by atomic mass is 16.3. The molecule has 2 aliphatic rings. The molecule has 2 unspecified atom stereocenters. The lowest BCUT2D eigenvalue weighted by atomic mass is 10.0. The summed E-state index contributed by atoms with van der Waals surface area (Å²) in [5.74, 6) is 0.754. The van der Waals surface area contributed by atoms with Crippen molar-refractivity contribution in [2.24, 2.45) is 0 Å². The number of rotatable bonds is 2. The molecule has 2 N–H and O–H groups in total. The van der Waals surface area contributed by atoms with Gasteiger partial charge in [-0.25, -0.2) is 9.97 Å². The number of aliphatic hydroxyl groups is 2. The smallest absolute Gasteiger partial charge is 0.226 e. The maximum atomic E-state index is 9.79. The number of anilines is 1. The van der Waals surface area contributed by atoms with Gasteiger partial charge < -0.3 is 15.1 Å². The minimum atomic E-state index is -0.170. The summed E-state index contributed by atoms with van der Waals surface area (Å²) in [6.45, 7) is 1.88. The van der Waals surface area contributed by atoms with E-state index in [4.69, 9.17) is 5.11 Å². The third-order valence-electron chi connectivity index (χ3n) is 4.18. The second kappa shape index (κ2) is 4.48. The largest absolute Gasteiger partial charge is 0.393 e. The van der Waals surface area contributed by atoms with Crippen molar-refractivity contribution in [1.82, 2.24) is 9.97 Å². The van der Waals surface area contributed by atoms with E-state index >= 15 is 0 Å². The van der Waals surface area contributed by atoms with Crippen LogP contribution in [-0.4, -0.2) is 38.4 Å². The van der Waals surface area contributed by atoms with Crippen LogP contribution in [0.1, 0.15) is 36.9 Å². The van der Waals surface area contributed by atoms with Crippen LogP contribution in [0.2, 0.25) is 0 Å². The number of aromatic nitrogens is 2. The van der Waals surface area contributed by atoms with Crippen LogP contribution in [0.3, 0.4) is 0 Å². The molecular weight excluding hydrogens is 230 g/mol. The van der Waals surface area contributed by atoms with E-state index in [1.54, 1.807) is 6.20 Å². The quantitative estimate of drug-likeness (QED) is 0.810. The van der Waals surface area contributed by atoms with Gasteiger partial charge in [-0.15, -0.1) is 0 Å². The van der Waals surface area contributed by atoms with Crippen molar-refractivity contribution < 1.29 is 10.2 Å². The summed E-state index contributed by atoms with van der Waals surface area (Å²) >= 11 is 0. The molecule has 3 heterocycles. The maximum Gasteiger partial charge on any atom is 0.226 e. The Morgan fingerprint density at radius 1 is 1.33 bits per heavy atom. The van der Waals surface area contributed by atoms with E-state index in [-0.39, 0.29) is 12.7 Å². The molecule has 2 saturated heterocycles. The van der Waals surface area contributed by atoms with Crippen LogP contribution in [0.25, 0.3) is 0 Å². The number of hydrogen-bond acceptors (Lipinski definition) is 5. The van der Waals surface area contributed by atoms with Gasteiger partial charge in [0.05, 0.1) is 12.7 Å². The summed E-state index contributed by atoms with van der Waals surface area (Å²) in [5, 5.41) is 18.9. The fourth-order valence-corrected chi connectivity index (χ4v) is 3.23. The van der Waals surface area contributed by atoms with Gasteiger partial charge in [0.1, 0.15) is 0 Å². The molecule has 0 radical (unpaired) electrons. The van der Waals surface area contributed by atoms with Gasteiger partial charge in [-0.2, -0.15) is 0 Å². The summed E-state index contributed by atoms with van der Waals surface area (Å²) in [6.07, 6.45) is 5.41. The highest BCUT2D eigenvalue weighted by Gasteiger charge is 2.41. The van der Waals surface area contributed by atoms with E-state index in [0.717, 1.165) is 42.9 Å². The van der Waals surface area contributed by atoms with Crippen molar-refractivity contribution in [2.45, 2.75) is 57.4 Å². The Labute approximate surface area is 106 Å². The lowest BCUT2D eigenvalue weighted by Gasteiger charge is -2.37. The van der Waals surface area contributed by atoms with Gasteiger partial charge in [-0.05, 0) is 32.6 Å². The predicted molar refractivity (Wildman–Crippen MR) is 67.2 cm³/mol. The highest BCUT2D eigenvalue weighted by molar-refractivity contribution is 5.39. The molecule has 0 aromatic carbocycles. The second-order valence-electron chi connectivity index (χ2n) is 5.36. The number of piperidine rings is 1. The molecule has 3 rings (SSSR count). The van der Waals surface area contributed by atoms with Gasteiger partial charge in [0.2, 0.25) is 5.95 Å². The molecule has 2 aliphatic heterocycles. The van der Waals surface area contributed by atoms with E-state index in [1.165, 1.54) is 0 Å². The molecule has 2 atom stereocenters. The Morgan fingerprint density at radius 2 is 2.00 bits per heavy atom. The normalized spacial score (nSPS) is 30.8. The Balaban J connectivity index is 1.89. The zero-order valence-electron chi connectivity index (χ0n) is 10.6. The number of fused-ring (bicyclic) bond motifs is 2. The monoisotopic (exact) mass is 249 g/mol. The van der Waals surface area contributed by atoms with Crippen LogP contribution in [0, 0.1) is 6.92 Å². The standard InChI is InChI=1S/C13H19N3O2/c1-8-9(7-17)6-14-13(15-8)16-10-2-3-11(16)5-12(18)4-10/h6,10-12,17-18H,2-5,7H2,1H3. The molecule has 0 aliphatic carbocycles. The van der Waals surface area contributed by atoms with Crippen LogP contribution in [0.4, 0.5) is 5.95 Å². The van der Waals surface area contributed by atoms with Crippen LogP contribution >= 0.6 is 0 Å². The number of aryl methyl sites for hydroxylation is 1. The van der Waals surface area contributed by atoms with E-state index in [0.29, 0.717) is 12.1 Å². The van der Waals surface area contributed by atoms with Crippen molar-refractivity contribution >= 4 is 5.95 Å². The van der Waals surface area contributed by atoms with Crippen molar-refractivity contribution in [3.63, 3.8) is 0 Å². The SMILES string of the molecule is Cc1nc(N2C3CCC2CC(O)C3)ncc1CO.